The van der Waals surface area contributed by atoms with E-state index in [-0.39, 0.29) is 6.54 Å². The smallest absolute Gasteiger partial charge is 0.229 e. The molecule has 54 valence electrons. The molecule has 0 aromatic rings. The summed E-state index contributed by atoms with van der Waals surface area (Å²) >= 11 is 0. The van der Waals surface area contributed by atoms with Gasteiger partial charge in [-0.15, -0.1) is 0 Å². The normalized spacial score (nSPS) is 13.1. The number of nitrogens with zero attached hydrogens (tertiary/aromatic N) is 1. The zero-order valence-corrected chi connectivity index (χ0v) is 5.41. The molecule has 0 aromatic carbocycles. The van der Waals surface area contributed by atoms with Crippen LogP contribution in [0.5, 0.6) is 0 Å². The first-order valence-corrected chi connectivity index (χ1v) is 2.96. The van der Waals surface area contributed by atoms with E-state index in [9.17, 15) is 10.1 Å². The van der Waals surface area contributed by atoms with Crippen molar-refractivity contribution in [1.82, 2.24) is 0 Å². The molecule has 9 heavy (non-hydrogen) atoms. The summed E-state index contributed by atoms with van der Waals surface area (Å²) in [6.07, 6.45) is 0.542. The van der Waals surface area contributed by atoms with Gasteiger partial charge in [-0.2, -0.15) is 0 Å². The van der Waals surface area contributed by atoms with Crippen molar-refractivity contribution in [2.45, 2.75) is 25.9 Å². The van der Waals surface area contributed by atoms with Crippen molar-refractivity contribution in [3.05, 3.63) is 10.1 Å². The van der Waals surface area contributed by atoms with Gasteiger partial charge in [-0.3, -0.25) is 10.1 Å². The molecule has 0 bridgehead atoms. The molecule has 0 rings (SSSR count). The summed E-state index contributed by atoms with van der Waals surface area (Å²) in [5, 5.41) is 18.5. The van der Waals surface area contributed by atoms with Gasteiger partial charge in [0.1, 0.15) is 6.10 Å². The van der Waals surface area contributed by atoms with Crippen molar-refractivity contribution in [2.75, 3.05) is 6.54 Å². The van der Waals surface area contributed by atoms with E-state index < -0.39 is 11.0 Å². The van der Waals surface area contributed by atoms with E-state index in [1.54, 1.807) is 0 Å². The lowest BCUT2D eigenvalue weighted by Gasteiger charge is -2.00. The van der Waals surface area contributed by atoms with Crippen molar-refractivity contribution in [3.8, 4) is 0 Å². The minimum atomic E-state index is -0.759. The Kier molecular flexibility index (Phi) is 3.96. The molecule has 4 nitrogen and oxygen atoms in total. The van der Waals surface area contributed by atoms with E-state index in [1.165, 1.54) is 0 Å². The second-order valence-corrected chi connectivity index (χ2v) is 1.96. The SMILES string of the molecule is CCC[C@H](O)C[N+](=O)[O-]. The topological polar surface area (TPSA) is 63.4 Å². The van der Waals surface area contributed by atoms with Gasteiger partial charge in [-0.1, -0.05) is 13.3 Å². The number of aliphatic hydroxyl groups excluding tert-OH is 1. The highest BCUT2D eigenvalue weighted by molar-refractivity contribution is 4.49. The molecule has 0 heterocycles. The maximum absolute atomic E-state index is 9.73. The molecule has 0 saturated heterocycles. The van der Waals surface area contributed by atoms with Gasteiger partial charge in [-0.25, -0.2) is 0 Å². The van der Waals surface area contributed by atoms with Crippen molar-refractivity contribution in [2.24, 2.45) is 0 Å². The third kappa shape index (κ3) is 5.23. The van der Waals surface area contributed by atoms with E-state index in [0.717, 1.165) is 6.42 Å². The monoisotopic (exact) mass is 133 g/mol. The second-order valence-electron chi connectivity index (χ2n) is 1.96. The van der Waals surface area contributed by atoms with Gasteiger partial charge in [0.2, 0.25) is 6.54 Å². The van der Waals surface area contributed by atoms with Crippen molar-refractivity contribution in [1.29, 1.82) is 0 Å². The molecule has 4 heteroatoms. The van der Waals surface area contributed by atoms with Crippen LogP contribution in [0, 0.1) is 10.1 Å². The minimum Gasteiger partial charge on any atom is -0.386 e. The molecular weight excluding hydrogens is 122 g/mol. The lowest BCUT2D eigenvalue weighted by Crippen LogP contribution is -2.18. The third-order valence-corrected chi connectivity index (χ3v) is 0.982. The number of nitro groups is 1. The standard InChI is InChI=1S/C5H11NO3/c1-2-3-5(7)4-6(8)9/h5,7H,2-4H2,1H3/t5-/m0/s1. The molecule has 0 aliphatic rings. The van der Waals surface area contributed by atoms with Gasteiger partial charge in [-0.05, 0) is 6.42 Å². The van der Waals surface area contributed by atoms with Gasteiger partial charge in [0.05, 0.1) is 0 Å². The Balaban J connectivity index is 3.26. The minimum absolute atomic E-state index is 0.326. The van der Waals surface area contributed by atoms with Gasteiger partial charge < -0.3 is 5.11 Å². The highest BCUT2D eigenvalue weighted by atomic mass is 16.6. The summed E-state index contributed by atoms with van der Waals surface area (Å²) in [7, 11) is 0. The largest absolute Gasteiger partial charge is 0.386 e. The fourth-order valence-corrected chi connectivity index (χ4v) is 0.597. The molecule has 0 aliphatic heterocycles. The molecule has 0 aliphatic carbocycles. The predicted molar refractivity (Wildman–Crippen MR) is 32.8 cm³/mol. The highest BCUT2D eigenvalue weighted by Gasteiger charge is 2.08. The molecule has 0 unspecified atom stereocenters. The quantitative estimate of drug-likeness (QED) is 0.446. The van der Waals surface area contributed by atoms with Crippen LogP contribution in [0.4, 0.5) is 0 Å². The van der Waals surface area contributed by atoms with Crippen molar-refractivity contribution >= 4 is 0 Å². The van der Waals surface area contributed by atoms with E-state index in [2.05, 4.69) is 0 Å². The summed E-state index contributed by atoms with van der Waals surface area (Å²) < 4.78 is 0. The van der Waals surface area contributed by atoms with E-state index in [4.69, 9.17) is 5.11 Å². The third-order valence-electron chi connectivity index (χ3n) is 0.982. The molecule has 0 fully saturated rings. The van der Waals surface area contributed by atoms with Crippen LogP contribution in [-0.4, -0.2) is 22.7 Å². The van der Waals surface area contributed by atoms with E-state index in [0.29, 0.717) is 6.42 Å². The lowest BCUT2D eigenvalue weighted by atomic mass is 10.2. The molecule has 0 aromatic heterocycles. The van der Waals surface area contributed by atoms with Crippen LogP contribution in [0.2, 0.25) is 0 Å². The maximum Gasteiger partial charge on any atom is 0.229 e. The number of hydrogen-bond acceptors (Lipinski definition) is 3. The predicted octanol–water partition coefficient (Wildman–Crippen LogP) is 0.424. The number of aliphatic hydroxyl groups is 1. The molecule has 1 N–H and O–H groups in total. The summed E-state index contributed by atoms with van der Waals surface area (Å²) in [6, 6.07) is 0. The first-order valence-electron chi connectivity index (χ1n) is 2.96. The van der Waals surface area contributed by atoms with Crippen LogP contribution in [0.25, 0.3) is 0 Å². The van der Waals surface area contributed by atoms with E-state index >= 15 is 0 Å². The fourth-order valence-electron chi connectivity index (χ4n) is 0.597. The van der Waals surface area contributed by atoms with Crippen molar-refractivity contribution in [3.63, 3.8) is 0 Å². The van der Waals surface area contributed by atoms with Crippen LogP contribution in [-0.2, 0) is 0 Å². The van der Waals surface area contributed by atoms with Gasteiger partial charge in [0, 0.05) is 4.92 Å². The Labute approximate surface area is 53.6 Å². The maximum atomic E-state index is 9.73. The Morgan fingerprint density at radius 2 is 2.33 bits per heavy atom. The average Bonchev–Trinajstić information content (AvgIpc) is 1.63. The zero-order chi connectivity index (χ0) is 7.28. The van der Waals surface area contributed by atoms with Crippen LogP contribution in [0.3, 0.4) is 0 Å². The average molecular weight is 133 g/mol. The van der Waals surface area contributed by atoms with Crippen LogP contribution < -0.4 is 0 Å². The highest BCUT2D eigenvalue weighted by Crippen LogP contribution is 1.94. The molecule has 0 radical (unpaired) electrons. The lowest BCUT2D eigenvalue weighted by molar-refractivity contribution is -0.490. The summed E-state index contributed by atoms with van der Waals surface area (Å²) in [6.45, 7) is 1.55. The first-order chi connectivity index (χ1) is 4.16. The molecular formula is C5H11NO3. The molecule has 1 atom stereocenters. The van der Waals surface area contributed by atoms with Crippen LogP contribution >= 0.6 is 0 Å². The van der Waals surface area contributed by atoms with Gasteiger partial charge in [0.25, 0.3) is 0 Å². The van der Waals surface area contributed by atoms with Crippen LogP contribution in [0.1, 0.15) is 19.8 Å². The summed E-state index contributed by atoms with van der Waals surface area (Å²) in [4.78, 5) is 9.23. The molecule has 0 saturated carbocycles. The Morgan fingerprint density at radius 1 is 1.78 bits per heavy atom. The first kappa shape index (κ1) is 8.36. The summed E-state index contributed by atoms with van der Waals surface area (Å²) in [5.74, 6) is 0. The Hall–Kier alpha value is -0.640. The van der Waals surface area contributed by atoms with E-state index in [1.807, 2.05) is 6.92 Å². The second kappa shape index (κ2) is 4.26. The molecule has 0 spiro atoms. The fraction of sp³-hybridized carbons (Fsp3) is 1.00. The molecule has 0 amide bonds. The van der Waals surface area contributed by atoms with Gasteiger partial charge >= 0.3 is 0 Å². The van der Waals surface area contributed by atoms with Crippen LogP contribution in [0.15, 0.2) is 0 Å². The Morgan fingerprint density at radius 3 is 2.67 bits per heavy atom. The Bertz CT molecular complexity index is 94.2. The zero-order valence-electron chi connectivity index (χ0n) is 5.41. The van der Waals surface area contributed by atoms with Crippen molar-refractivity contribution < 1.29 is 10.0 Å². The number of rotatable bonds is 4. The van der Waals surface area contributed by atoms with Gasteiger partial charge in [0.15, 0.2) is 0 Å². The summed E-state index contributed by atoms with van der Waals surface area (Å²) in [5.41, 5.74) is 0. The number of hydrogen-bond donors (Lipinski definition) is 1.